The van der Waals surface area contributed by atoms with Crippen molar-refractivity contribution in [1.82, 2.24) is 9.78 Å². The van der Waals surface area contributed by atoms with Gasteiger partial charge in [0, 0.05) is 19.5 Å². The summed E-state index contributed by atoms with van der Waals surface area (Å²) < 4.78 is 6.73. The summed E-state index contributed by atoms with van der Waals surface area (Å²) in [4.78, 5) is 23.1. The molecule has 1 N–H and O–H groups in total. The van der Waals surface area contributed by atoms with Gasteiger partial charge in [-0.05, 0) is 35.7 Å². The summed E-state index contributed by atoms with van der Waals surface area (Å²) in [5.74, 6) is -0.204. The first-order valence-corrected chi connectivity index (χ1v) is 7.54. The van der Waals surface area contributed by atoms with Gasteiger partial charge in [0.1, 0.15) is 4.47 Å². The van der Waals surface area contributed by atoms with Gasteiger partial charge < -0.3 is 10.1 Å². The molecule has 0 atom stereocenters. The second kappa shape index (κ2) is 8.73. The van der Waals surface area contributed by atoms with Gasteiger partial charge >= 0.3 is 5.97 Å². The molecule has 1 heterocycles. The number of carbonyl (C=O) groups excluding carboxylic acids is 1. The first-order chi connectivity index (χ1) is 9.60. The Labute approximate surface area is 126 Å². The number of nitrogens with zero attached hydrogens (tertiary/aromatic N) is 2. The normalized spacial score (nSPS) is 10.3. The smallest absolute Gasteiger partial charge is 0.305 e. The molecule has 0 saturated heterocycles. The highest BCUT2D eigenvalue weighted by Gasteiger charge is 2.08. The minimum Gasteiger partial charge on any atom is -0.466 e. The highest BCUT2D eigenvalue weighted by molar-refractivity contribution is 9.10. The van der Waals surface area contributed by atoms with E-state index >= 15 is 0 Å². The molecule has 0 saturated carbocycles. The lowest BCUT2D eigenvalue weighted by molar-refractivity contribution is -0.143. The topological polar surface area (TPSA) is 73.2 Å². The van der Waals surface area contributed by atoms with Gasteiger partial charge in [-0.2, -0.15) is 5.10 Å². The zero-order chi connectivity index (χ0) is 15.0. The maximum absolute atomic E-state index is 11.9. The number of nitrogens with one attached hydrogen (secondary N) is 1. The number of esters is 1. The molecule has 0 radical (unpaired) electrons. The van der Waals surface area contributed by atoms with Crippen molar-refractivity contribution >= 4 is 27.6 Å². The molecule has 0 aliphatic heterocycles. The van der Waals surface area contributed by atoms with E-state index in [-0.39, 0.29) is 11.5 Å². The summed E-state index contributed by atoms with van der Waals surface area (Å²) in [5.41, 5.74) is 0.494. The van der Waals surface area contributed by atoms with Crippen molar-refractivity contribution in [2.45, 2.75) is 39.7 Å². The van der Waals surface area contributed by atoms with Crippen LogP contribution in [0.1, 0.15) is 33.1 Å². The van der Waals surface area contributed by atoms with Gasteiger partial charge in [-0.3, -0.25) is 9.59 Å². The van der Waals surface area contributed by atoms with Gasteiger partial charge in [0.05, 0.1) is 18.5 Å². The van der Waals surface area contributed by atoms with Gasteiger partial charge in [0.15, 0.2) is 0 Å². The first kappa shape index (κ1) is 16.7. The third-order valence-electron chi connectivity index (χ3n) is 2.60. The van der Waals surface area contributed by atoms with Crippen LogP contribution in [0, 0.1) is 0 Å². The number of halogens is 1. The zero-order valence-electron chi connectivity index (χ0n) is 11.8. The molecule has 0 aromatic carbocycles. The van der Waals surface area contributed by atoms with E-state index in [1.165, 1.54) is 4.68 Å². The number of hydrogen-bond donors (Lipinski definition) is 1. The van der Waals surface area contributed by atoms with Crippen molar-refractivity contribution in [2.24, 2.45) is 0 Å². The monoisotopic (exact) mass is 345 g/mol. The fraction of sp³-hybridized carbons (Fsp3) is 0.615. The van der Waals surface area contributed by atoms with Crippen LogP contribution in [0.5, 0.6) is 0 Å². The standard InChI is InChI=1S/C13H20BrN3O3/c1-3-8-17-13(19)12(14)10(9-16-17)15-7-5-6-11(18)20-4-2/h9,15H,3-8H2,1-2H3. The molecule has 0 unspecified atom stereocenters. The Morgan fingerprint density at radius 2 is 2.25 bits per heavy atom. The minimum absolute atomic E-state index is 0.151. The van der Waals surface area contributed by atoms with E-state index in [9.17, 15) is 9.59 Å². The summed E-state index contributed by atoms with van der Waals surface area (Å²) >= 11 is 3.28. The zero-order valence-corrected chi connectivity index (χ0v) is 13.4. The molecule has 1 aromatic rings. The SMILES string of the molecule is CCCn1ncc(NCCCC(=O)OCC)c(Br)c1=O. The Bertz CT molecular complexity index is 502. The molecule has 0 fully saturated rings. The Balaban J connectivity index is 2.51. The number of aromatic nitrogens is 2. The van der Waals surface area contributed by atoms with Crippen molar-refractivity contribution in [3.8, 4) is 0 Å². The second-order valence-corrected chi connectivity index (χ2v) is 5.03. The van der Waals surface area contributed by atoms with Crippen LogP contribution in [0.4, 0.5) is 5.69 Å². The maximum atomic E-state index is 11.9. The predicted octanol–water partition coefficient (Wildman–Crippen LogP) is 2.17. The Kier molecular flexibility index (Phi) is 7.28. The summed E-state index contributed by atoms with van der Waals surface area (Å²) in [6, 6.07) is 0. The average Bonchev–Trinajstić information content (AvgIpc) is 2.42. The molecule has 0 aliphatic carbocycles. The van der Waals surface area contributed by atoms with Crippen LogP contribution in [0.3, 0.4) is 0 Å². The number of rotatable bonds is 8. The van der Waals surface area contributed by atoms with Gasteiger partial charge in [0.2, 0.25) is 0 Å². The van der Waals surface area contributed by atoms with Crippen LogP contribution >= 0.6 is 15.9 Å². The predicted molar refractivity (Wildman–Crippen MR) is 80.8 cm³/mol. The van der Waals surface area contributed by atoms with Gasteiger partial charge in [0.25, 0.3) is 5.56 Å². The van der Waals surface area contributed by atoms with E-state index < -0.39 is 0 Å². The van der Waals surface area contributed by atoms with E-state index in [4.69, 9.17) is 4.74 Å². The average molecular weight is 346 g/mol. The summed E-state index contributed by atoms with van der Waals surface area (Å²) in [6.45, 7) is 5.35. The third-order valence-corrected chi connectivity index (χ3v) is 3.37. The van der Waals surface area contributed by atoms with Crippen LogP contribution in [-0.4, -0.2) is 28.9 Å². The number of ether oxygens (including phenoxy) is 1. The van der Waals surface area contributed by atoms with Crippen LogP contribution in [0.15, 0.2) is 15.5 Å². The lowest BCUT2D eigenvalue weighted by Crippen LogP contribution is -2.24. The van der Waals surface area contributed by atoms with Crippen LogP contribution in [0.2, 0.25) is 0 Å². The van der Waals surface area contributed by atoms with Crippen LogP contribution in [0.25, 0.3) is 0 Å². The summed E-state index contributed by atoms with van der Waals surface area (Å²) in [7, 11) is 0. The molecule has 0 bridgehead atoms. The van der Waals surface area contributed by atoms with E-state index in [0.29, 0.717) is 42.7 Å². The lowest BCUT2D eigenvalue weighted by atomic mass is 10.3. The maximum Gasteiger partial charge on any atom is 0.305 e. The molecule has 0 spiro atoms. The van der Waals surface area contributed by atoms with Crippen molar-refractivity contribution in [3.63, 3.8) is 0 Å². The van der Waals surface area contributed by atoms with Gasteiger partial charge in [-0.1, -0.05) is 6.92 Å². The molecule has 1 rings (SSSR count). The van der Waals surface area contributed by atoms with Crippen LogP contribution < -0.4 is 10.9 Å². The first-order valence-electron chi connectivity index (χ1n) is 6.75. The van der Waals surface area contributed by atoms with E-state index in [1.807, 2.05) is 6.92 Å². The second-order valence-electron chi connectivity index (χ2n) is 4.24. The highest BCUT2D eigenvalue weighted by atomic mass is 79.9. The summed E-state index contributed by atoms with van der Waals surface area (Å²) in [5, 5.41) is 7.18. The number of carbonyl (C=O) groups is 1. The van der Waals surface area contributed by atoms with Gasteiger partial charge in [-0.25, -0.2) is 4.68 Å². The lowest BCUT2D eigenvalue weighted by Gasteiger charge is -2.09. The minimum atomic E-state index is -0.204. The molecule has 6 nitrogen and oxygen atoms in total. The molecule has 7 heteroatoms. The van der Waals surface area contributed by atoms with Crippen molar-refractivity contribution in [3.05, 3.63) is 21.0 Å². The fourth-order valence-electron chi connectivity index (χ4n) is 1.65. The number of hydrogen-bond acceptors (Lipinski definition) is 5. The van der Waals surface area contributed by atoms with Crippen LogP contribution in [-0.2, 0) is 16.1 Å². The number of aryl methyl sites for hydroxylation is 1. The van der Waals surface area contributed by atoms with Crippen molar-refractivity contribution in [2.75, 3.05) is 18.5 Å². The van der Waals surface area contributed by atoms with E-state index in [0.717, 1.165) is 6.42 Å². The summed E-state index contributed by atoms with van der Waals surface area (Å²) in [6.07, 6.45) is 3.47. The van der Waals surface area contributed by atoms with Gasteiger partial charge in [-0.15, -0.1) is 0 Å². The molecule has 112 valence electrons. The number of anilines is 1. The molecular formula is C13H20BrN3O3. The quantitative estimate of drug-likeness (QED) is 0.577. The Hall–Kier alpha value is -1.37. The molecule has 0 aliphatic rings. The fourth-order valence-corrected chi connectivity index (χ4v) is 2.10. The molecule has 20 heavy (non-hydrogen) atoms. The van der Waals surface area contributed by atoms with E-state index in [2.05, 4.69) is 26.3 Å². The largest absolute Gasteiger partial charge is 0.466 e. The van der Waals surface area contributed by atoms with E-state index in [1.54, 1.807) is 13.1 Å². The van der Waals surface area contributed by atoms with Crippen molar-refractivity contribution < 1.29 is 9.53 Å². The molecule has 0 amide bonds. The Morgan fingerprint density at radius 1 is 1.50 bits per heavy atom. The van der Waals surface area contributed by atoms with Crippen molar-refractivity contribution in [1.29, 1.82) is 0 Å². The third kappa shape index (κ3) is 4.96. The highest BCUT2D eigenvalue weighted by Crippen LogP contribution is 2.16. The molecular weight excluding hydrogens is 326 g/mol. The Morgan fingerprint density at radius 3 is 2.90 bits per heavy atom. The molecule has 1 aromatic heterocycles.